The van der Waals surface area contributed by atoms with Crippen molar-refractivity contribution in [2.24, 2.45) is 0 Å². The first-order valence-electron chi connectivity index (χ1n) is 8.11. The summed E-state index contributed by atoms with van der Waals surface area (Å²) in [7, 11) is 0. The summed E-state index contributed by atoms with van der Waals surface area (Å²) in [6.07, 6.45) is 3.41. The van der Waals surface area contributed by atoms with Gasteiger partial charge in [-0.05, 0) is 55.2 Å². The van der Waals surface area contributed by atoms with E-state index in [1.54, 1.807) is 12.1 Å². The third-order valence-electron chi connectivity index (χ3n) is 3.81. The Bertz CT molecular complexity index is 686. The summed E-state index contributed by atoms with van der Waals surface area (Å²) in [5.74, 6) is 0. The van der Waals surface area contributed by atoms with Gasteiger partial charge in [-0.15, -0.1) is 0 Å². The van der Waals surface area contributed by atoms with Gasteiger partial charge in [0.15, 0.2) is 0 Å². The molecule has 24 heavy (non-hydrogen) atoms. The van der Waals surface area contributed by atoms with Crippen molar-refractivity contribution in [3.63, 3.8) is 0 Å². The lowest BCUT2D eigenvalue weighted by Gasteiger charge is -2.16. The molecular formula is C19H22Cl2N2O. The summed E-state index contributed by atoms with van der Waals surface area (Å²) in [5, 5.41) is 6.82. The zero-order chi connectivity index (χ0) is 17.5. The molecule has 128 valence electrons. The van der Waals surface area contributed by atoms with Crippen LogP contribution in [0.15, 0.2) is 42.5 Å². The molecule has 2 N–H and O–H groups in total. The Hall–Kier alpha value is -1.71. The SMILES string of the molecule is CCCCc1ccc(NC(=O)N[C@@H](C)c2ccc(Cl)cc2Cl)cc1. The molecule has 0 fully saturated rings. The van der Waals surface area contributed by atoms with Gasteiger partial charge in [0.25, 0.3) is 0 Å². The molecule has 3 nitrogen and oxygen atoms in total. The van der Waals surface area contributed by atoms with E-state index in [9.17, 15) is 4.79 Å². The third kappa shape index (κ3) is 5.43. The molecule has 2 aromatic rings. The normalized spacial score (nSPS) is 11.8. The molecule has 0 unspecified atom stereocenters. The number of amides is 2. The average molecular weight is 365 g/mol. The van der Waals surface area contributed by atoms with Crippen molar-refractivity contribution >= 4 is 34.9 Å². The number of rotatable bonds is 6. The highest BCUT2D eigenvalue weighted by Crippen LogP contribution is 2.26. The van der Waals surface area contributed by atoms with Crippen LogP contribution >= 0.6 is 23.2 Å². The lowest BCUT2D eigenvalue weighted by Crippen LogP contribution is -2.31. The molecule has 2 rings (SSSR count). The Balaban J connectivity index is 1.92. The van der Waals surface area contributed by atoms with Gasteiger partial charge in [0.1, 0.15) is 0 Å². The maximum absolute atomic E-state index is 12.1. The van der Waals surface area contributed by atoms with E-state index >= 15 is 0 Å². The molecule has 0 aliphatic carbocycles. The highest BCUT2D eigenvalue weighted by Gasteiger charge is 2.13. The van der Waals surface area contributed by atoms with E-state index in [2.05, 4.69) is 17.6 Å². The first kappa shape index (κ1) is 18.6. The number of carbonyl (C=O) groups excluding carboxylic acids is 1. The first-order valence-corrected chi connectivity index (χ1v) is 8.86. The third-order valence-corrected chi connectivity index (χ3v) is 4.37. The van der Waals surface area contributed by atoms with Crippen LogP contribution in [0.5, 0.6) is 0 Å². The van der Waals surface area contributed by atoms with Gasteiger partial charge in [0, 0.05) is 15.7 Å². The minimum absolute atomic E-state index is 0.224. The Morgan fingerprint density at radius 3 is 2.46 bits per heavy atom. The summed E-state index contributed by atoms with van der Waals surface area (Å²) in [5.41, 5.74) is 2.87. The molecule has 0 aliphatic heterocycles. The van der Waals surface area contributed by atoms with Crippen LogP contribution in [0.1, 0.15) is 43.9 Å². The molecule has 5 heteroatoms. The summed E-state index contributed by atoms with van der Waals surface area (Å²) >= 11 is 12.1. The monoisotopic (exact) mass is 364 g/mol. The summed E-state index contributed by atoms with van der Waals surface area (Å²) in [6.45, 7) is 4.05. The molecule has 2 amide bonds. The van der Waals surface area contributed by atoms with Crippen LogP contribution in [0.3, 0.4) is 0 Å². The predicted octanol–water partition coefficient (Wildman–Crippen LogP) is 6.22. The molecule has 0 aromatic heterocycles. The molecule has 0 radical (unpaired) electrons. The van der Waals surface area contributed by atoms with Gasteiger partial charge in [-0.3, -0.25) is 0 Å². The van der Waals surface area contributed by atoms with E-state index < -0.39 is 0 Å². The highest BCUT2D eigenvalue weighted by atomic mass is 35.5. The van der Waals surface area contributed by atoms with Crippen molar-refractivity contribution in [1.82, 2.24) is 5.32 Å². The number of benzene rings is 2. The zero-order valence-electron chi connectivity index (χ0n) is 13.9. The Morgan fingerprint density at radius 2 is 1.83 bits per heavy atom. The van der Waals surface area contributed by atoms with Crippen molar-refractivity contribution < 1.29 is 4.79 Å². The molecule has 1 atom stereocenters. The number of urea groups is 1. The van der Waals surface area contributed by atoms with Gasteiger partial charge in [0.05, 0.1) is 6.04 Å². The first-order chi connectivity index (χ1) is 11.5. The predicted molar refractivity (Wildman–Crippen MR) is 102 cm³/mol. The van der Waals surface area contributed by atoms with Gasteiger partial charge in [-0.25, -0.2) is 4.79 Å². The minimum Gasteiger partial charge on any atom is -0.331 e. The summed E-state index contributed by atoms with van der Waals surface area (Å²) < 4.78 is 0. The van der Waals surface area contributed by atoms with Gasteiger partial charge in [-0.2, -0.15) is 0 Å². The summed E-state index contributed by atoms with van der Waals surface area (Å²) in [6, 6.07) is 12.7. The van der Waals surface area contributed by atoms with Crippen LogP contribution in [0.4, 0.5) is 10.5 Å². The van der Waals surface area contributed by atoms with Crippen molar-refractivity contribution in [3.05, 3.63) is 63.6 Å². The number of aryl methyl sites for hydroxylation is 1. The number of carbonyl (C=O) groups is 1. The Labute approximate surface area is 153 Å². The highest BCUT2D eigenvalue weighted by molar-refractivity contribution is 6.35. The van der Waals surface area contributed by atoms with Crippen molar-refractivity contribution in [3.8, 4) is 0 Å². The lowest BCUT2D eigenvalue weighted by atomic mass is 10.1. The van der Waals surface area contributed by atoms with Crippen molar-refractivity contribution in [1.29, 1.82) is 0 Å². The van der Waals surface area contributed by atoms with Gasteiger partial charge in [-0.1, -0.05) is 54.7 Å². The van der Waals surface area contributed by atoms with E-state index in [1.165, 1.54) is 18.4 Å². The molecular weight excluding hydrogens is 343 g/mol. The number of halogens is 2. The fourth-order valence-electron chi connectivity index (χ4n) is 2.43. The topological polar surface area (TPSA) is 41.1 Å². The smallest absolute Gasteiger partial charge is 0.319 e. The van der Waals surface area contributed by atoms with Gasteiger partial charge in [0.2, 0.25) is 0 Å². The van der Waals surface area contributed by atoms with Gasteiger partial charge >= 0.3 is 6.03 Å². The molecule has 0 spiro atoms. The Kier molecular flexibility index (Phi) is 6.95. The average Bonchev–Trinajstić information content (AvgIpc) is 2.54. The Morgan fingerprint density at radius 1 is 1.12 bits per heavy atom. The zero-order valence-corrected chi connectivity index (χ0v) is 15.4. The van der Waals surface area contributed by atoms with E-state index in [4.69, 9.17) is 23.2 Å². The van der Waals surface area contributed by atoms with E-state index in [0.29, 0.717) is 10.0 Å². The quantitative estimate of drug-likeness (QED) is 0.627. The van der Waals surface area contributed by atoms with Crippen molar-refractivity contribution in [2.45, 2.75) is 39.2 Å². The van der Waals surface area contributed by atoms with Crippen LogP contribution < -0.4 is 10.6 Å². The number of nitrogens with one attached hydrogen (secondary N) is 2. The molecule has 0 aliphatic rings. The van der Waals surface area contributed by atoms with Crippen LogP contribution in [0, 0.1) is 0 Å². The number of anilines is 1. The second-order valence-electron chi connectivity index (χ2n) is 5.79. The largest absolute Gasteiger partial charge is 0.331 e. The molecule has 0 saturated heterocycles. The number of hydrogen-bond donors (Lipinski definition) is 2. The maximum Gasteiger partial charge on any atom is 0.319 e. The maximum atomic E-state index is 12.1. The van der Waals surface area contributed by atoms with Crippen LogP contribution in [-0.4, -0.2) is 6.03 Å². The second kappa shape index (κ2) is 8.95. The molecule has 2 aromatic carbocycles. The van der Waals surface area contributed by atoms with E-state index in [0.717, 1.165) is 17.7 Å². The van der Waals surface area contributed by atoms with Crippen molar-refractivity contribution in [2.75, 3.05) is 5.32 Å². The minimum atomic E-state index is -0.269. The van der Waals surface area contributed by atoms with Gasteiger partial charge < -0.3 is 10.6 Å². The van der Waals surface area contributed by atoms with Crippen LogP contribution in [0.25, 0.3) is 0 Å². The number of unbranched alkanes of at least 4 members (excludes halogenated alkanes) is 1. The lowest BCUT2D eigenvalue weighted by molar-refractivity contribution is 0.249. The summed E-state index contributed by atoms with van der Waals surface area (Å²) in [4.78, 5) is 12.1. The molecule has 0 bridgehead atoms. The molecule has 0 heterocycles. The van der Waals surface area contributed by atoms with E-state index in [-0.39, 0.29) is 12.1 Å². The fraction of sp³-hybridized carbons (Fsp3) is 0.316. The van der Waals surface area contributed by atoms with Crippen LogP contribution in [-0.2, 0) is 6.42 Å². The molecule has 0 saturated carbocycles. The fourth-order valence-corrected chi connectivity index (χ4v) is 3.00. The number of hydrogen-bond acceptors (Lipinski definition) is 1. The second-order valence-corrected chi connectivity index (χ2v) is 6.63. The van der Waals surface area contributed by atoms with Crippen LogP contribution in [0.2, 0.25) is 10.0 Å². The standard InChI is InChI=1S/C19H22Cl2N2O/c1-3-4-5-14-6-9-16(10-7-14)23-19(24)22-13(2)17-11-8-15(20)12-18(17)21/h6-13H,3-5H2,1-2H3,(H2,22,23,24)/t13-/m0/s1. The van der Waals surface area contributed by atoms with E-state index in [1.807, 2.05) is 37.3 Å².